The number of nitrogens with two attached hydrogens (primary N) is 1. The van der Waals surface area contributed by atoms with Gasteiger partial charge in [-0.3, -0.25) is 9.69 Å². The molecule has 1 aromatic rings. The van der Waals surface area contributed by atoms with E-state index in [0.717, 1.165) is 51.4 Å². The molecule has 0 unspecified atom stereocenters. The minimum absolute atomic E-state index is 0.245. The first-order valence-electron chi connectivity index (χ1n) is 8.02. The predicted octanol–water partition coefficient (Wildman–Crippen LogP) is 1.49. The van der Waals surface area contributed by atoms with Crippen molar-refractivity contribution in [1.29, 1.82) is 0 Å². The molecule has 2 rings (SSSR count). The van der Waals surface area contributed by atoms with Gasteiger partial charge in [-0.1, -0.05) is 6.42 Å². The fraction of sp³-hybridized carbons (Fsp3) is 0.688. The maximum atomic E-state index is 12.2. The molecule has 0 saturated carbocycles. The zero-order valence-corrected chi connectivity index (χ0v) is 12.8. The van der Waals surface area contributed by atoms with Gasteiger partial charge in [0.15, 0.2) is 0 Å². The molecule has 0 bridgehead atoms. The summed E-state index contributed by atoms with van der Waals surface area (Å²) in [5.74, 6) is 1.14. The van der Waals surface area contributed by atoms with Crippen LogP contribution in [0.1, 0.15) is 31.4 Å². The van der Waals surface area contributed by atoms with Crippen molar-refractivity contribution in [3.63, 3.8) is 0 Å². The second-order valence-electron chi connectivity index (χ2n) is 5.65. The van der Waals surface area contributed by atoms with E-state index in [0.29, 0.717) is 12.8 Å². The molecular weight excluding hydrogens is 266 g/mol. The van der Waals surface area contributed by atoms with Gasteiger partial charge in [0.05, 0.1) is 6.26 Å². The Hall–Kier alpha value is -1.33. The molecule has 2 heterocycles. The Morgan fingerprint density at radius 1 is 1.19 bits per heavy atom. The molecule has 2 N–H and O–H groups in total. The average molecular weight is 293 g/mol. The Balaban J connectivity index is 1.60. The van der Waals surface area contributed by atoms with Crippen LogP contribution in [0.2, 0.25) is 0 Å². The van der Waals surface area contributed by atoms with Crippen molar-refractivity contribution in [1.82, 2.24) is 9.80 Å². The van der Waals surface area contributed by atoms with E-state index in [1.54, 1.807) is 6.26 Å². The summed E-state index contributed by atoms with van der Waals surface area (Å²) in [6, 6.07) is 3.79. The number of rotatable bonds is 8. The first kappa shape index (κ1) is 16.0. The molecule has 0 aliphatic carbocycles. The lowest BCUT2D eigenvalue weighted by atomic mass is 10.2. The quantitative estimate of drug-likeness (QED) is 0.738. The van der Waals surface area contributed by atoms with Gasteiger partial charge >= 0.3 is 0 Å². The van der Waals surface area contributed by atoms with Gasteiger partial charge in [0.25, 0.3) is 0 Å². The normalized spacial score (nSPS) is 16.3. The fourth-order valence-corrected chi connectivity index (χ4v) is 2.72. The van der Waals surface area contributed by atoms with E-state index in [4.69, 9.17) is 10.2 Å². The van der Waals surface area contributed by atoms with Crippen LogP contribution in [0.15, 0.2) is 22.8 Å². The summed E-state index contributed by atoms with van der Waals surface area (Å²) in [6.45, 7) is 5.62. The number of nitrogens with zero attached hydrogens (tertiary/aromatic N) is 2. The summed E-state index contributed by atoms with van der Waals surface area (Å²) in [6.07, 6.45) is 6.44. The van der Waals surface area contributed by atoms with Crippen molar-refractivity contribution < 1.29 is 9.21 Å². The van der Waals surface area contributed by atoms with Gasteiger partial charge in [0.2, 0.25) is 5.91 Å². The topological polar surface area (TPSA) is 62.7 Å². The Morgan fingerprint density at radius 3 is 2.67 bits per heavy atom. The van der Waals surface area contributed by atoms with Gasteiger partial charge < -0.3 is 15.1 Å². The summed E-state index contributed by atoms with van der Waals surface area (Å²) >= 11 is 0. The highest BCUT2D eigenvalue weighted by atomic mass is 16.3. The largest absolute Gasteiger partial charge is 0.469 e. The van der Waals surface area contributed by atoms with E-state index in [1.807, 2.05) is 17.0 Å². The van der Waals surface area contributed by atoms with Crippen LogP contribution in [-0.2, 0) is 11.2 Å². The third-order valence-electron chi connectivity index (χ3n) is 4.07. The van der Waals surface area contributed by atoms with Crippen molar-refractivity contribution in [2.45, 2.75) is 32.1 Å². The summed E-state index contributed by atoms with van der Waals surface area (Å²) < 4.78 is 5.26. The molecule has 5 nitrogen and oxygen atoms in total. The number of hydrogen-bond acceptors (Lipinski definition) is 4. The average Bonchev–Trinajstić information content (AvgIpc) is 3.03. The molecular formula is C16H27N3O2. The van der Waals surface area contributed by atoms with Crippen LogP contribution in [0.4, 0.5) is 0 Å². The molecule has 1 aliphatic rings. The molecule has 1 saturated heterocycles. The first-order chi connectivity index (χ1) is 10.3. The van der Waals surface area contributed by atoms with Crippen molar-refractivity contribution in [3.8, 4) is 0 Å². The van der Waals surface area contributed by atoms with Crippen LogP contribution in [0.3, 0.4) is 0 Å². The highest BCUT2D eigenvalue weighted by molar-refractivity contribution is 5.76. The van der Waals surface area contributed by atoms with Gasteiger partial charge in [-0.05, 0) is 38.1 Å². The molecule has 0 aromatic carbocycles. The molecule has 1 aliphatic heterocycles. The molecule has 0 atom stereocenters. The molecule has 0 spiro atoms. The number of carbonyl (C=O) groups is 1. The van der Waals surface area contributed by atoms with Crippen molar-refractivity contribution >= 4 is 5.91 Å². The predicted molar refractivity (Wildman–Crippen MR) is 83.0 cm³/mol. The van der Waals surface area contributed by atoms with Crippen LogP contribution >= 0.6 is 0 Å². The van der Waals surface area contributed by atoms with E-state index in [9.17, 15) is 4.79 Å². The highest BCUT2D eigenvalue weighted by Gasteiger charge is 2.20. The van der Waals surface area contributed by atoms with Crippen LogP contribution < -0.4 is 5.73 Å². The third kappa shape index (κ3) is 5.52. The number of carbonyl (C=O) groups excluding carboxylic acids is 1. The molecule has 1 fully saturated rings. The van der Waals surface area contributed by atoms with Crippen LogP contribution in [-0.4, -0.2) is 55.0 Å². The number of aryl methyl sites for hydroxylation is 1. The molecule has 118 valence electrons. The monoisotopic (exact) mass is 293 g/mol. The second kappa shape index (κ2) is 8.85. The number of furan rings is 1. The maximum Gasteiger partial charge on any atom is 0.223 e. The van der Waals surface area contributed by atoms with E-state index in [-0.39, 0.29) is 5.91 Å². The summed E-state index contributed by atoms with van der Waals surface area (Å²) in [5, 5.41) is 0. The first-order valence-corrected chi connectivity index (χ1v) is 8.02. The van der Waals surface area contributed by atoms with Crippen molar-refractivity contribution in [3.05, 3.63) is 24.2 Å². The van der Waals surface area contributed by atoms with E-state index >= 15 is 0 Å². The minimum atomic E-state index is 0.245. The van der Waals surface area contributed by atoms with Crippen LogP contribution in [0.5, 0.6) is 0 Å². The Bertz CT molecular complexity index is 398. The zero-order valence-electron chi connectivity index (χ0n) is 12.8. The smallest absolute Gasteiger partial charge is 0.223 e. The number of unbranched alkanes of at least 4 members (excludes halogenated alkanes) is 2. The second-order valence-corrected chi connectivity index (χ2v) is 5.65. The summed E-state index contributed by atoms with van der Waals surface area (Å²) in [7, 11) is 0. The van der Waals surface area contributed by atoms with Crippen LogP contribution in [0, 0.1) is 0 Å². The summed E-state index contributed by atoms with van der Waals surface area (Å²) in [4.78, 5) is 16.6. The van der Waals surface area contributed by atoms with Gasteiger partial charge in [-0.15, -0.1) is 0 Å². The molecule has 21 heavy (non-hydrogen) atoms. The molecule has 0 radical (unpaired) electrons. The molecule has 1 amide bonds. The SMILES string of the molecule is NCCCCCN1CCN(C(=O)CCc2ccco2)CC1. The van der Waals surface area contributed by atoms with Crippen molar-refractivity contribution in [2.24, 2.45) is 5.73 Å². The number of amides is 1. The molecule has 5 heteroatoms. The van der Waals surface area contributed by atoms with Crippen LogP contribution in [0.25, 0.3) is 0 Å². The lowest BCUT2D eigenvalue weighted by Crippen LogP contribution is -2.48. The lowest BCUT2D eigenvalue weighted by Gasteiger charge is -2.34. The standard InChI is InChI=1S/C16H27N3O2/c17-8-2-1-3-9-18-10-12-19(13-11-18)16(20)7-6-15-5-4-14-21-15/h4-5,14H,1-3,6-13,17H2. The Morgan fingerprint density at radius 2 is 2.00 bits per heavy atom. The van der Waals surface area contributed by atoms with E-state index in [1.165, 1.54) is 12.8 Å². The number of hydrogen-bond donors (Lipinski definition) is 1. The van der Waals surface area contributed by atoms with E-state index < -0.39 is 0 Å². The Kier molecular flexibility index (Phi) is 6.76. The minimum Gasteiger partial charge on any atom is -0.469 e. The number of piperazine rings is 1. The van der Waals surface area contributed by atoms with Gasteiger partial charge in [-0.2, -0.15) is 0 Å². The summed E-state index contributed by atoms with van der Waals surface area (Å²) in [5.41, 5.74) is 5.50. The van der Waals surface area contributed by atoms with Gasteiger partial charge in [-0.25, -0.2) is 0 Å². The third-order valence-corrected chi connectivity index (χ3v) is 4.07. The fourth-order valence-electron chi connectivity index (χ4n) is 2.72. The van der Waals surface area contributed by atoms with Gasteiger partial charge in [0.1, 0.15) is 5.76 Å². The van der Waals surface area contributed by atoms with Gasteiger partial charge in [0, 0.05) is 39.0 Å². The lowest BCUT2D eigenvalue weighted by molar-refractivity contribution is -0.133. The highest BCUT2D eigenvalue weighted by Crippen LogP contribution is 2.09. The Labute approximate surface area is 127 Å². The van der Waals surface area contributed by atoms with Crippen molar-refractivity contribution in [2.75, 3.05) is 39.3 Å². The molecule has 1 aromatic heterocycles. The zero-order chi connectivity index (χ0) is 14.9. The van der Waals surface area contributed by atoms with E-state index in [2.05, 4.69) is 4.90 Å². The maximum absolute atomic E-state index is 12.2.